The zero-order valence-corrected chi connectivity index (χ0v) is 63.6. The number of phosphoric ester groups is 2. The fourth-order valence-electron chi connectivity index (χ4n) is 11.7. The van der Waals surface area contributed by atoms with Crippen molar-refractivity contribution < 1.29 is 80.2 Å². The second-order valence-corrected chi connectivity index (χ2v) is 30.5. The maximum Gasteiger partial charge on any atom is 0.472 e. The number of aliphatic hydroxyl groups is 1. The SMILES string of the molecule is CCCCCCCCCCCCCCCCCC(=O)O[C@H](COC(=O)CCCCCCCCCCCCC(C)CC)COP(=O)(O)OC[C@@H](O)COP(=O)(O)OC[C@@H](COC(=O)CCCCCCCCCCCCCC)OC(=O)CCCCCCCCCCCCCCCC. The number of unbranched alkanes of at least 4 members (excludes halogenated alkanes) is 47. The molecule has 95 heavy (non-hydrogen) atoms. The topological polar surface area (TPSA) is 237 Å². The number of rotatable bonds is 76. The summed E-state index contributed by atoms with van der Waals surface area (Å²) in [4.78, 5) is 72.9. The van der Waals surface area contributed by atoms with Crippen LogP contribution in [0.4, 0.5) is 0 Å². The summed E-state index contributed by atoms with van der Waals surface area (Å²) in [6.45, 7) is 7.33. The highest BCUT2D eigenvalue weighted by molar-refractivity contribution is 7.47. The van der Waals surface area contributed by atoms with Crippen LogP contribution in [0.3, 0.4) is 0 Å². The normalized spacial score (nSPS) is 14.2. The first-order valence-corrected chi connectivity index (χ1v) is 42.7. The third-order valence-electron chi connectivity index (χ3n) is 18.1. The van der Waals surface area contributed by atoms with Gasteiger partial charge in [0.1, 0.15) is 19.3 Å². The summed E-state index contributed by atoms with van der Waals surface area (Å²) in [5.41, 5.74) is 0. The first-order valence-electron chi connectivity index (χ1n) is 39.7. The van der Waals surface area contributed by atoms with Crippen LogP contribution in [0.1, 0.15) is 401 Å². The maximum atomic E-state index is 13.1. The monoisotopic (exact) mass is 1400 g/mol. The molecule has 0 bridgehead atoms. The smallest absolute Gasteiger partial charge is 0.462 e. The van der Waals surface area contributed by atoms with Crippen molar-refractivity contribution in [3.8, 4) is 0 Å². The van der Waals surface area contributed by atoms with Crippen molar-refractivity contribution in [2.24, 2.45) is 5.92 Å². The van der Waals surface area contributed by atoms with Crippen LogP contribution in [0.5, 0.6) is 0 Å². The number of phosphoric acid groups is 2. The van der Waals surface area contributed by atoms with E-state index >= 15 is 0 Å². The van der Waals surface area contributed by atoms with E-state index in [0.717, 1.165) is 95.8 Å². The van der Waals surface area contributed by atoms with Crippen LogP contribution in [0, 0.1) is 5.92 Å². The highest BCUT2D eigenvalue weighted by Crippen LogP contribution is 2.45. The third kappa shape index (κ3) is 69.0. The van der Waals surface area contributed by atoms with Gasteiger partial charge in [0.15, 0.2) is 12.2 Å². The molecule has 0 aromatic heterocycles. The lowest BCUT2D eigenvalue weighted by Crippen LogP contribution is -2.30. The van der Waals surface area contributed by atoms with Crippen LogP contribution in [0.25, 0.3) is 0 Å². The highest BCUT2D eigenvalue weighted by atomic mass is 31.2. The molecule has 0 spiro atoms. The Morgan fingerprint density at radius 1 is 0.295 bits per heavy atom. The second-order valence-electron chi connectivity index (χ2n) is 27.6. The van der Waals surface area contributed by atoms with Gasteiger partial charge in [0.2, 0.25) is 0 Å². The average molecular weight is 1400 g/mol. The third-order valence-corrected chi connectivity index (χ3v) is 20.0. The summed E-state index contributed by atoms with van der Waals surface area (Å²) >= 11 is 0. The number of hydrogen-bond donors (Lipinski definition) is 3. The molecule has 0 aliphatic carbocycles. The zero-order valence-electron chi connectivity index (χ0n) is 61.8. The number of ether oxygens (including phenoxy) is 4. The van der Waals surface area contributed by atoms with E-state index in [4.69, 9.17) is 37.0 Å². The molecule has 0 fully saturated rings. The maximum absolute atomic E-state index is 13.1. The highest BCUT2D eigenvalue weighted by Gasteiger charge is 2.30. The van der Waals surface area contributed by atoms with Gasteiger partial charge < -0.3 is 33.8 Å². The van der Waals surface area contributed by atoms with Gasteiger partial charge in [0.25, 0.3) is 0 Å². The molecule has 19 heteroatoms. The van der Waals surface area contributed by atoms with Crippen molar-refractivity contribution in [2.75, 3.05) is 39.6 Å². The van der Waals surface area contributed by atoms with Gasteiger partial charge in [-0.3, -0.25) is 37.3 Å². The van der Waals surface area contributed by atoms with E-state index in [-0.39, 0.29) is 25.7 Å². The fourth-order valence-corrected chi connectivity index (χ4v) is 13.3. The Labute approximate surface area is 581 Å². The first-order chi connectivity index (χ1) is 46.1. The van der Waals surface area contributed by atoms with Crippen LogP contribution in [0.2, 0.25) is 0 Å². The van der Waals surface area contributed by atoms with E-state index in [0.29, 0.717) is 25.7 Å². The van der Waals surface area contributed by atoms with Gasteiger partial charge >= 0.3 is 39.5 Å². The van der Waals surface area contributed by atoms with E-state index in [9.17, 15) is 43.2 Å². The Kier molecular flexibility index (Phi) is 67.7. The molecule has 0 radical (unpaired) electrons. The molecular weight excluding hydrogens is 1250 g/mol. The molecule has 0 saturated heterocycles. The van der Waals surface area contributed by atoms with Gasteiger partial charge in [-0.15, -0.1) is 0 Å². The van der Waals surface area contributed by atoms with Crippen LogP contribution in [-0.4, -0.2) is 96.7 Å². The van der Waals surface area contributed by atoms with E-state index < -0.39 is 97.5 Å². The number of aliphatic hydroxyl groups excluding tert-OH is 1. The lowest BCUT2D eigenvalue weighted by Gasteiger charge is -2.21. The van der Waals surface area contributed by atoms with Gasteiger partial charge in [-0.1, -0.05) is 349 Å². The number of carbonyl (C=O) groups excluding carboxylic acids is 4. The Morgan fingerprint density at radius 2 is 0.505 bits per heavy atom. The van der Waals surface area contributed by atoms with Crippen LogP contribution >= 0.6 is 15.6 Å². The summed E-state index contributed by atoms with van der Waals surface area (Å²) in [5, 5.41) is 10.6. The van der Waals surface area contributed by atoms with Crippen LogP contribution in [0.15, 0.2) is 0 Å². The molecule has 17 nitrogen and oxygen atoms in total. The van der Waals surface area contributed by atoms with Crippen molar-refractivity contribution in [2.45, 2.75) is 419 Å². The summed E-state index contributed by atoms with van der Waals surface area (Å²) in [5.74, 6) is -1.30. The summed E-state index contributed by atoms with van der Waals surface area (Å²) < 4.78 is 68.6. The Morgan fingerprint density at radius 3 is 0.747 bits per heavy atom. The van der Waals surface area contributed by atoms with E-state index in [1.165, 1.54) is 225 Å². The minimum Gasteiger partial charge on any atom is -0.462 e. The fraction of sp³-hybridized carbons (Fsp3) is 0.947. The Bertz CT molecular complexity index is 1820. The predicted molar refractivity (Wildman–Crippen MR) is 386 cm³/mol. The minimum absolute atomic E-state index is 0.108. The molecule has 6 atom stereocenters. The van der Waals surface area contributed by atoms with Crippen LogP contribution < -0.4 is 0 Å². The van der Waals surface area contributed by atoms with Crippen molar-refractivity contribution in [1.82, 2.24) is 0 Å². The van der Waals surface area contributed by atoms with Crippen molar-refractivity contribution in [3.05, 3.63) is 0 Å². The molecule has 0 heterocycles. The largest absolute Gasteiger partial charge is 0.472 e. The van der Waals surface area contributed by atoms with Gasteiger partial charge in [-0.25, -0.2) is 9.13 Å². The number of esters is 4. The predicted octanol–water partition coefficient (Wildman–Crippen LogP) is 22.5. The standard InChI is InChI=1S/C76H148O17P2/c1-6-10-13-16-19-22-25-28-30-32-35-42-47-52-57-62-76(81)93-72(66-87-74(79)60-55-50-45-40-37-36-38-43-48-53-58-69(5)9-4)68-91-95(84,85)89-64-70(77)63-88-94(82,83)90-67-71(65-86-73(78)59-54-49-44-39-33-27-24-21-18-15-12-8-3)92-75(80)61-56-51-46-41-34-31-29-26-23-20-17-14-11-7-2/h69-72,77H,6-68H2,1-5H3,(H,82,83)(H,84,85)/t69?,70-,71+,72+/m0/s1. The molecule has 0 aromatic carbocycles. The molecule has 564 valence electrons. The van der Waals surface area contributed by atoms with Crippen molar-refractivity contribution >= 4 is 39.5 Å². The van der Waals surface area contributed by atoms with Gasteiger partial charge in [-0.2, -0.15) is 0 Å². The molecule has 0 aromatic rings. The molecule has 0 aliphatic heterocycles. The molecule has 0 amide bonds. The van der Waals surface area contributed by atoms with Gasteiger partial charge in [-0.05, 0) is 31.6 Å². The first kappa shape index (κ1) is 93.1. The van der Waals surface area contributed by atoms with E-state index in [2.05, 4.69) is 34.6 Å². The molecule has 3 N–H and O–H groups in total. The van der Waals surface area contributed by atoms with Gasteiger partial charge in [0.05, 0.1) is 26.4 Å². The van der Waals surface area contributed by atoms with Crippen molar-refractivity contribution in [1.29, 1.82) is 0 Å². The second kappa shape index (κ2) is 69.2. The van der Waals surface area contributed by atoms with E-state index in [1.807, 2.05) is 0 Å². The lowest BCUT2D eigenvalue weighted by molar-refractivity contribution is -0.161. The Balaban J connectivity index is 5.27. The molecular formula is C76H148O17P2. The van der Waals surface area contributed by atoms with Gasteiger partial charge in [0, 0.05) is 25.7 Å². The zero-order chi connectivity index (χ0) is 69.8. The van der Waals surface area contributed by atoms with E-state index in [1.54, 1.807) is 0 Å². The number of hydrogen-bond acceptors (Lipinski definition) is 15. The summed E-state index contributed by atoms with van der Waals surface area (Å²) in [7, 11) is -9.91. The molecule has 0 aliphatic rings. The lowest BCUT2D eigenvalue weighted by atomic mass is 9.99. The summed E-state index contributed by atoms with van der Waals surface area (Å²) in [6.07, 6.45) is 57.9. The van der Waals surface area contributed by atoms with Crippen LogP contribution in [-0.2, 0) is 65.4 Å². The quantitative estimate of drug-likeness (QED) is 0.0222. The molecule has 3 unspecified atom stereocenters. The summed E-state index contributed by atoms with van der Waals surface area (Å²) in [6, 6.07) is 0. The minimum atomic E-state index is -4.96. The average Bonchev–Trinajstić information content (AvgIpc) is 1.86. The van der Waals surface area contributed by atoms with Crippen molar-refractivity contribution in [3.63, 3.8) is 0 Å². The Hall–Kier alpha value is -1.94. The number of carbonyl (C=O) groups is 4. The molecule has 0 rings (SSSR count). The molecule has 0 saturated carbocycles.